The Morgan fingerprint density at radius 3 is 2.36 bits per heavy atom. The first kappa shape index (κ1) is 15.7. The van der Waals surface area contributed by atoms with Gasteiger partial charge in [-0.15, -0.1) is 0 Å². The lowest BCUT2D eigenvalue weighted by Crippen LogP contribution is -2.20. The molecule has 0 bridgehead atoms. The van der Waals surface area contributed by atoms with Crippen LogP contribution in [0.3, 0.4) is 0 Å². The van der Waals surface area contributed by atoms with E-state index in [9.17, 15) is 0 Å². The van der Waals surface area contributed by atoms with Crippen LogP contribution < -0.4 is 10.2 Å². The van der Waals surface area contributed by atoms with Crippen molar-refractivity contribution in [3.63, 3.8) is 0 Å². The average molecular weight is 335 g/mol. The lowest BCUT2D eigenvalue weighted by atomic mass is 10.2. The average Bonchev–Trinajstić information content (AvgIpc) is 3.37. The van der Waals surface area contributed by atoms with E-state index in [0.717, 1.165) is 49.1 Å². The summed E-state index contributed by atoms with van der Waals surface area (Å²) in [5.41, 5.74) is 2.23. The normalized spacial score (nSPS) is 14.2. The van der Waals surface area contributed by atoms with Gasteiger partial charge >= 0.3 is 0 Å². The zero-order valence-electron chi connectivity index (χ0n) is 14.0. The first-order valence-electron chi connectivity index (χ1n) is 8.58. The fourth-order valence-corrected chi connectivity index (χ4v) is 2.94. The Morgan fingerprint density at radius 2 is 1.68 bits per heavy atom. The lowest BCUT2D eigenvalue weighted by molar-refractivity contribution is 0.685. The topological polar surface area (TPSA) is 71.8 Å². The predicted molar refractivity (Wildman–Crippen MR) is 95.4 cm³/mol. The zero-order chi connectivity index (χ0) is 16.9. The summed E-state index contributed by atoms with van der Waals surface area (Å²) in [4.78, 5) is 19.7. The summed E-state index contributed by atoms with van der Waals surface area (Å²) in [5.74, 6) is 1.72. The summed E-state index contributed by atoms with van der Waals surface area (Å²) in [5, 5.41) is 3.41. The van der Waals surface area contributed by atoms with E-state index in [1.54, 1.807) is 12.5 Å². The first-order valence-corrected chi connectivity index (χ1v) is 8.58. The van der Waals surface area contributed by atoms with Gasteiger partial charge in [0.15, 0.2) is 0 Å². The molecule has 7 heteroatoms. The standard InChI is InChI=1S/C18H21N7/c1-2-7-24(6-1)18-22-12-16(13-23-18)10-20-9-15-3-4-17(21-11-15)25-8-5-19-14-25/h3-5,8,11-14,20H,1-2,6-7,9-10H2. The van der Waals surface area contributed by atoms with Crippen LogP contribution in [0.25, 0.3) is 5.82 Å². The fraction of sp³-hybridized carbons (Fsp3) is 0.333. The molecule has 1 aliphatic heterocycles. The van der Waals surface area contributed by atoms with Crippen LogP contribution in [0.5, 0.6) is 0 Å². The molecule has 1 saturated heterocycles. The molecule has 3 aromatic heterocycles. The molecule has 0 aromatic carbocycles. The third-order valence-corrected chi connectivity index (χ3v) is 4.32. The summed E-state index contributed by atoms with van der Waals surface area (Å²) in [6.45, 7) is 3.63. The van der Waals surface area contributed by atoms with Crippen molar-refractivity contribution in [2.75, 3.05) is 18.0 Å². The Hall–Kier alpha value is -2.80. The van der Waals surface area contributed by atoms with Crippen molar-refractivity contribution >= 4 is 5.95 Å². The van der Waals surface area contributed by atoms with Crippen LogP contribution in [0, 0.1) is 0 Å². The number of imidazole rings is 1. The molecule has 0 unspecified atom stereocenters. The highest BCUT2D eigenvalue weighted by atomic mass is 15.3. The van der Waals surface area contributed by atoms with Crippen molar-refractivity contribution in [1.82, 2.24) is 29.8 Å². The Kier molecular flexibility index (Phi) is 4.65. The molecule has 0 aliphatic carbocycles. The highest BCUT2D eigenvalue weighted by molar-refractivity contribution is 5.31. The number of hydrogen-bond acceptors (Lipinski definition) is 6. The lowest BCUT2D eigenvalue weighted by Gasteiger charge is -2.14. The first-order chi connectivity index (χ1) is 12.4. The monoisotopic (exact) mass is 335 g/mol. The third-order valence-electron chi connectivity index (χ3n) is 4.32. The largest absolute Gasteiger partial charge is 0.341 e. The molecular weight excluding hydrogens is 314 g/mol. The van der Waals surface area contributed by atoms with Crippen molar-refractivity contribution < 1.29 is 0 Å². The summed E-state index contributed by atoms with van der Waals surface area (Å²) >= 11 is 0. The maximum atomic E-state index is 4.48. The molecule has 4 heterocycles. The predicted octanol–water partition coefficient (Wildman–Crippen LogP) is 1.95. The molecule has 1 fully saturated rings. The van der Waals surface area contributed by atoms with E-state index in [4.69, 9.17) is 0 Å². The number of nitrogens with zero attached hydrogens (tertiary/aromatic N) is 6. The molecule has 0 atom stereocenters. The van der Waals surface area contributed by atoms with E-state index in [1.807, 2.05) is 35.4 Å². The summed E-state index contributed by atoms with van der Waals surface area (Å²) in [7, 11) is 0. The van der Waals surface area contributed by atoms with Gasteiger partial charge in [0.05, 0.1) is 0 Å². The second-order valence-corrected chi connectivity index (χ2v) is 6.18. The molecule has 0 saturated carbocycles. The highest BCUT2D eigenvalue weighted by Crippen LogP contribution is 2.14. The van der Waals surface area contributed by atoms with Crippen LogP contribution >= 0.6 is 0 Å². The maximum absolute atomic E-state index is 4.48. The number of hydrogen-bond donors (Lipinski definition) is 1. The van der Waals surface area contributed by atoms with Crippen molar-refractivity contribution in [3.8, 4) is 5.82 Å². The number of rotatable bonds is 6. The molecule has 0 spiro atoms. The number of anilines is 1. The van der Waals surface area contributed by atoms with Gasteiger partial charge in [-0.25, -0.2) is 19.9 Å². The zero-order valence-corrected chi connectivity index (χ0v) is 14.0. The molecule has 3 aromatic rings. The van der Waals surface area contributed by atoms with E-state index in [-0.39, 0.29) is 0 Å². The molecule has 1 N–H and O–H groups in total. The van der Waals surface area contributed by atoms with Gasteiger partial charge in [0.25, 0.3) is 0 Å². The van der Waals surface area contributed by atoms with Crippen LogP contribution in [0.4, 0.5) is 5.95 Å². The van der Waals surface area contributed by atoms with Gasteiger partial charge in [0.1, 0.15) is 12.1 Å². The Bertz CT molecular complexity index is 775. The Balaban J connectivity index is 1.28. The van der Waals surface area contributed by atoms with Crippen LogP contribution in [-0.4, -0.2) is 37.6 Å². The quantitative estimate of drug-likeness (QED) is 0.742. The van der Waals surface area contributed by atoms with Gasteiger partial charge in [-0.3, -0.25) is 4.57 Å². The summed E-state index contributed by atoms with van der Waals surface area (Å²) in [6, 6.07) is 4.06. The smallest absolute Gasteiger partial charge is 0.225 e. The van der Waals surface area contributed by atoms with Crippen molar-refractivity contribution in [3.05, 3.63) is 60.6 Å². The minimum atomic E-state index is 0.740. The minimum Gasteiger partial charge on any atom is -0.341 e. The van der Waals surface area contributed by atoms with E-state index in [2.05, 4.69) is 36.2 Å². The van der Waals surface area contributed by atoms with Gasteiger partial charge in [-0.1, -0.05) is 6.07 Å². The molecule has 0 radical (unpaired) electrons. The summed E-state index contributed by atoms with van der Waals surface area (Å²) in [6.07, 6.45) is 13.5. The van der Waals surface area contributed by atoms with Gasteiger partial charge < -0.3 is 10.2 Å². The number of aromatic nitrogens is 5. The van der Waals surface area contributed by atoms with Crippen molar-refractivity contribution in [2.45, 2.75) is 25.9 Å². The molecule has 1 aliphatic rings. The van der Waals surface area contributed by atoms with E-state index < -0.39 is 0 Å². The molecule has 7 nitrogen and oxygen atoms in total. The van der Waals surface area contributed by atoms with Gasteiger partial charge in [-0.05, 0) is 24.5 Å². The van der Waals surface area contributed by atoms with E-state index in [1.165, 1.54) is 12.8 Å². The van der Waals surface area contributed by atoms with E-state index in [0.29, 0.717) is 0 Å². The van der Waals surface area contributed by atoms with Gasteiger partial charge in [0.2, 0.25) is 5.95 Å². The Morgan fingerprint density at radius 1 is 0.920 bits per heavy atom. The summed E-state index contributed by atoms with van der Waals surface area (Å²) < 4.78 is 1.89. The molecular formula is C18H21N7. The minimum absolute atomic E-state index is 0.740. The second-order valence-electron chi connectivity index (χ2n) is 6.18. The van der Waals surface area contributed by atoms with Crippen LogP contribution in [0.15, 0.2) is 49.4 Å². The van der Waals surface area contributed by atoms with Crippen molar-refractivity contribution in [2.24, 2.45) is 0 Å². The van der Waals surface area contributed by atoms with Crippen LogP contribution in [0.2, 0.25) is 0 Å². The fourth-order valence-electron chi connectivity index (χ4n) is 2.94. The van der Waals surface area contributed by atoms with Crippen LogP contribution in [-0.2, 0) is 13.1 Å². The van der Waals surface area contributed by atoms with Gasteiger partial charge in [0, 0.05) is 62.7 Å². The molecule has 4 rings (SSSR count). The molecule has 25 heavy (non-hydrogen) atoms. The van der Waals surface area contributed by atoms with Crippen molar-refractivity contribution in [1.29, 1.82) is 0 Å². The maximum Gasteiger partial charge on any atom is 0.225 e. The molecule has 128 valence electrons. The van der Waals surface area contributed by atoms with E-state index >= 15 is 0 Å². The van der Waals surface area contributed by atoms with Gasteiger partial charge in [-0.2, -0.15) is 0 Å². The second kappa shape index (κ2) is 7.40. The number of nitrogens with one attached hydrogen (secondary N) is 1. The van der Waals surface area contributed by atoms with Crippen LogP contribution in [0.1, 0.15) is 24.0 Å². The molecule has 0 amide bonds. The highest BCUT2D eigenvalue weighted by Gasteiger charge is 2.14. The third kappa shape index (κ3) is 3.83. The SMILES string of the molecule is c1cn(-c2ccc(CNCc3cnc(N4CCCC4)nc3)cn2)cn1. The number of pyridine rings is 1. The Labute approximate surface area is 146 Å².